The summed E-state index contributed by atoms with van der Waals surface area (Å²) in [6.07, 6.45) is 1.88. The van der Waals surface area contributed by atoms with Crippen LogP contribution in [0.1, 0.15) is 61.0 Å². The van der Waals surface area contributed by atoms with Crippen molar-refractivity contribution in [2.75, 3.05) is 0 Å². The first-order valence-electron chi connectivity index (χ1n) is 26.4. The van der Waals surface area contributed by atoms with E-state index in [1.165, 1.54) is 11.1 Å². The van der Waals surface area contributed by atoms with Crippen molar-refractivity contribution in [3.8, 4) is 73.2 Å². The Kier molecular flexibility index (Phi) is 11.5. The Bertz CT molecular complexity index is 4160. The summed E-state index contributed by atoms with van der Waals surface area (Å²) in [6, 6.07) is 75.6. The third-order valence-electron chi connectivity index (χ3n) is 14.5. The summed E-state index contributed by atoms with van der Waals surface area (Å²) in [5.74, 6) is 0.548. The zero-order valence-corrected chi connectivity index (χ0v) is 44.1. The summed E-state index contributed by atoms with van der Waals surface area (Å²) >= 11 is 0. The SMILES string of the molecule is [2H]C([2H])([2H])c1ccc(-n2c(-c3cc4c5ccccc5n(-c5ccccc5)c4cc3O)nc3c(-c4[c-]c(-c5cc(-c6ccc(C(C)(C)c7ccccc7)cc6)ccn5)cc(C(C)(C)C)c4)cccc32)c(-c2ccccc2)c1.[Pt]. The van der Waals surface area contributed by atoms with Gasteiger partial charge in [0.15, 0.2) is 0 Å². The molecule has 5 nitrogen and oxygen atoms in total. The monoisotopic (exact) mass is 1140 g/mol. The summed E-state index contributed by atoms with van der Waals surface area (Å²) in [5, 5.41) is 14.5. The molecule has 3 heterocycles. The Morgan fingerprint density at radius 1 is 0.500 bits per heavy atom. The molecule has 0 atom stereocenters. The van der Waals surface area contributed by atoms with Gasteiger partial charge in [-0.1, -0.05) is 197 Å². The van der Waals surface area contributed by atoms with Crippen LogP contribution in [0.4, 0.5) is 0 Å². The van der Waals surface area contributed by atoms with Gasteiger partial charge in [0, 0.05) is 70.6 Å². The number of phenols is 1. The molecule has 0 radical (unpaired) electrons. The maximum atomic E-state index is 12.5. The Morgan fingerprint density at radius 2 is 1.18 bits per heavy atom. The number of aryl methyl sites for hydroxylation is 1. The van der Waals surface area contributed by atoms with Crippen LogP contribution in [0.25, 0.3) is 100 Å². The van der Waals surface area contributed by atoms with Crippen molar-refractivity contribution in [2.45, 2.75) is 52.3 Å². The van der Waals surface area contributed by atoms with Gasteiger partial charge in [-0.2, -0.15) is 0 Å². The first-order valence-corrected chi connectivity index (χ1v) is 24.9. The topological polar surface area (TPSA) is 55.9 Å². The fraction of sp³-hybridized carbons (Fsp3) is 0.118. The van der Waals surface area contributed by atoms with Crippen molar-refractivity contribution in [1.82, 2.24) is 19.1 Å². The van der Waals surface area contributed by atoms with Crippen LogP contribution in [0.15, 0.2) is 219 Å². The van der Waals surface area contributed by atoms with Gasteiger partial charge in [0.1, 0.15) is 11.6 Å². The van der Waals surface area contributed by atoms with Crippen LogP contribution in [0.5, 0.6) is 5.75 Å². The van der Waals surface area contributed by atoms with Crippen molar-refractivity contribution in [2.24, 2.45) is 0 Å². The molecule has 74 heavy (non-hydrogen) atoms. The van der Waals surface area contributed by atoms with E-state index in [2.05, 4.69) is 159 Å². The second-order valence-electron chi connectivity index (χ2n) is 20.6. The predicted molar refractivity (Wildman–Crippen MR) is 303 cm³/mol. The Hall–Kier alpha value is -8.11. The molecule has 12 aromatic rings. The molecule has 0 unspecified atom stereocenters. The normalized spacial score (nSPS) is 12.6. The van der Waals surface area contributed by atoms with Gasteiger partial charge in [0.2, 0.25) is 0 Å². The molecule has 6 heteroatoms. The van der Waals surface area contributed by atoms with E-state index >= 15 is 0 Å². The van der Waals surface area contributed by atoms with Crippen LogP contribution < -0.4 is 0 Å². The van der Waals surface area contributed by atoms with Crippen LogP contribution in [-0.4, -0.2) is 24.2 Å². The second-order valence-corrected chi connectivity index (χ2v) is 20.6. The van der Waals surface area contributed by atoms with Crippen molar-refractivity contribution >= 4 is 32.8 Å². The number of aromatic nitrogens is 4. The molecule has 0 aliphatic heterocycles. The van der Waals surface area contributed by atoms with Crippen molar-refractivity contribution in [1.29, 1.82) is 0 Å². The van der Waals surface area contributed by atoms with Crippen LogP contribution in [0.2, 0.25) is 0 Å². The standard InChI is InChI=1S/C68H55N4O.Pt/c1-44-29-34-61(56(37-44)46-19-10-7-11-20-46)72-62-28-18-26-54(65(62)70-66(72)58-42-57-55-25-16-17-27-60(55)71(63(57)43-64(58)73)53-23-14-9-15-24-53)48-38-49(40-52(39-48)67(2,3)4)59-41-47(35-36-69-59)45-30-32-51(33-31-45)68(5,6)50-21-12-8-13-22-50;/h7-37,39-43,73H,1-6H3;/q-1;/i1D3;. The van der Waals surface area contributed by atoms with Crippen LogP contribution in [-0.2, 0) is 31.9 Å². The van der Waals surface area contributed by atoms with Crippen molar-refractivity contribution in [3.63, 3.8) is 0 Å². The molecule has 0 spiro atoms. The number of hydrogen-bond donors (Lipinski definition) is 1. The molecule has 0 aliphatic carbocycles. The van der Waals surface area contributed by atoms with E-state index in [0.717, 1.165) is 77.6 Å². The molecule has 0 saturated carbocycles. The van der Waals surface area contributed by atoms with Gasteiger partial charge in [-0.25, -0.2) is 4.98 Å². The summed E-state index contributed by atoms with van der Waals surface area (Å²) in [7, 11) is 0. The number of para-hydroxylation sites is 3. The first-order chi connectivity index (χ1) is 36.6. The molecule has 0 saturated heterocycles. The average molecular weight is 1140 g/mol. The quantitative estimate of drug-likeness (QED) is 0.147. The smallest absolute Gasteiger partial charge is 0.148 e. The number of pyridine rings is 1. The molecule has 3 aromatic heterocycles. The maximum Gasteiger partial charge on any atom is 0.148 e. The van der Waals surface area contributed by atoms with Crippen LogP contribution >= 0.6 is 0 Å². The van der Waals surface area contributed by atoms with Crippen molar-refractivity contribution in [3.05, 3.63) is 247 Å². The third-order valence-corrected chi connectivity index (χ3v) is 14.5. The van der Waals surface area contributed by atoms with E-state index in [9.17, 15) is 5.11 Å². The van der Waals surface area contributed by atoms with Gasteiger partial charge < -0.3 is 9.67 Å². The molecule has 364 valence electrons. The molecule has 1 N–H and O–H groups in total. The second kappa shape index (κ2) is 19.1. The molecule has 0 amide bonds. The molecule has 9 aromatic carbocycles. The molecular formula is C68H55N4OPt-. The predicted octanol–water partition coefficient (Wildman–Crippen LogP) is 17.3. The Labute approximate surface area is 452 Å². The summed E-state index contributed by atoms with van der Waals surface area (Å²) in [4.78, 5) is 10.6. The average Bonchev–Trinajstić information content (AvgIpc) is 3.99. The van der Waals surface area contributed by atoms with Crippen LogP contribution in [0.3, 0.4) is 0 Å². The number of benzene rings is 9. The number of rotatable bonds is 9. The zero-order chi connectivity index (χ0) is 52.5. The number of hydrogen-bond acceptors (Lipinski definition) is 3. The van der Waals surface area contributed by atoms with Crippen molar-refractivity contribution < 1.29 is 30.3 Å². The van der Waals surface area contributed by atoms with Gasteiger partial charge in [-0.15, -0.1) is 29.3 Å². The number of fused-ring (bicyclic) bond motifs is 4. The zero-order valence-electron chi connectivity index (χ0n) is 44.8. The largest absolute Gasteiger partial charge is 0.507 e. The van der Waals surface area contributed by atoms with Gasteiger partial charge in [-0.3, -0.25) is 9.55 Å². The fourth-order valence-electron chi connectivity index (χ4n) is 10.5. The third kappa shape index (κ3) is 8.55. The van der Waals surface area contributed by atoms with E-state index in [1.54, 1.807) is 12.1 Å². The van der Waals surface area contributed by atoms with E-state index in [-0.39, 0.29) is 43.2 Å². The van der Waals surface area contributed by atoms with Gasteiger partial charge in [0.25, 0.3) is 0 Å². The van der Waals surface area contributed by atoms with E-state index in [0.29, 0.717) is 28.2 Å². The molecular weight excluding hydrogens is 1080 g/mol. The molecule has 12 rings (SSSR count). The fourth-order valence-corrected chi connectivity index (χ4v) is 10.5. The number of phenolic OH excluding ortho intramolecular Hbond substituents is 1. The summed E-state index contributed by atoms with van der Waals surface area (Å²) < 4.78 is 29.7. The number of aromatic hydroxyl groups is 1. The minimum atomic E-state index is -2.35. The van der Waals surface area contributed by atoms with Gasteiger partial charge >= 0.3 is 0 Å². The summed E-state index contributed by atoms with van der Waals surface area (Å²) in [6.45, 7) is 8.82. The Balaban J connectivity index is 0.00000631. The first kappa shape index (κ1) is 44.6. The Morgan fingerprint density at radius 3 is 1.92 bits per heavy atom. The van der Waals surface area contributed by atoms with E-state index in [1.807, 2.05) is 97.2 Å². The van der Waals surface area contributed by atoms with Crippen LogP contribution in [0, 0.1) is 12.9 Å². The minimum absolute atomic E-state index is 0. The van der Waals surface area contributed by atoms with E-state index < -0.39 is 6.85 Å². The molecule has 0 aliphatic rings. The number of nitrogens with zero attached hydrogens (tertiary/aromatic N) is 4. The maximum absolute atomic E-state index is 12.5. The van der Waals surface area contributed by atoms with Gasteiger partial charge in [0.05, 0.1) is 33.3 Å². The summed E-state index contributed by atoms with van der Waals surface area (Å²) in [5.41, 5.74) is 16.0. The molecule has 0 fully saturated rings. The minimum Gasteiger partial charge on any atom is -0.507 e. The number of imidazole rings is 1. The van der Waals surface area contributed by atoms with Gasteiger partial charge in [-0.05, 0) is 88.6 Å². The molecule has 0 bridgehead atoms. The van der Waals surface area contributed by atoms with E-state index in [4.69, 9.17) is 14.1 Å².